The summed E-state index contributed by atoms with van der Waals surface area (Å²) in [5, 5.41) is 0. The van der Waals surface area contributed by atoms with Crippen molar-refractivity contribution in [3.63, 3.8) is 0 Å². The molecule has 1 nitrogen and oxygen atoms in total. The molecule has 0 amide bonds. The molecule has 0 aliphatic heterocycles. The number of benzene rings is 2. The molecule has 0 fully saturated rings. The maximum absolute atomic E-state index is 5.82. The summed E-state index contributed by atoms with van der Waals surface area (Å²) < 4.78 is 5.82. The van der Waals surface area contributed by atoms with E-state index in [4.69, 9.17) is 4.74 Å². The van der Waals surface area contributed by atoms with E-state index in [2.05, 4.69) is 55.5 Å². The number of rotatable bonds is 4. The average Bonchev–Trinajstić information content (AvgIpc) is 2.54. The maximum Gasteiger partial charge on any atom is 0.119 e. The Kier molecular flexibility index (Phi) is 4.20. The third-order valence-corrected chi connectivity index (χ3v) is 3.76. The van der Waals surface area contributed by atoms with Crippen LogP contribution in [0, 0.1) is 0 Å². The van der Waals surface area contributed by atoms with E-state index in [1.807, 2.05) is 18.2 Å². The van der Waals surface area contributed by atoms with Crippen molar-refractivity contribution in [3.05, 3.63) is 83.4 Å². The van der Waals surface area contributed by atoms with Crippen molar-refractivity contribution in [2.24, 2.45) is 0 Å². The molecule has 0 saturated heterocycles. The van der Waals surface area contributed by atoms with Crippen LogP contribution in [0.25, 0.3) is 5.57 Å². The summed E-state index contributed by atoms with van der Waals surface area (Å²) >= 11 is 0. The molecular weight excluding hydrogens is 256 g/mol. The van der Waals surface area contributed by atoms with Crippen LogP contribution in [0.1, 0.15) is 30.9 Å². The molecule has 0 radical (unpaired) electrons. The van der Waals surface area contributed by atoms with Gasteiger partial charge in [0.15, 0.2) is 0 Å². The lowest BCUT2D eigenvalue weighted by Gasteiger charge is -2.13. The Bertz CT molecular complexity index is 648. The van der Waals surface area contributed by atoms with Gasteiger partial charge in [-0.3, -0.25) is 0 Å². The van der Waals surface area contributed by atoms with Gasteiger partial charge in [0.1, 0.15) is 12.4 Å². The highest BCUT2D eigenvalue weighted by atomic mass is 16.5. The van der Waals surface area contributed by atoms with Gasteiger partial charge in [-0.05, 0) is 48.6 Å². The Morgan fingerprint density at radius 2 is 1.71 bits per heavy atom. The minimum Gasteiger partial charge on any atom is -0.489 e. The monoisotopic (exact) mass is 276 g/mol. The van der Waals surface area contributed by atoms with Crippen LogP contribution in [0.15, 0.2) is 72.3 Å². The second-order valence-corrected chi connectivity index (χ2v) is 5.46. The Balaban J connectivity index is 1.66. The van der Waals surface area contributed by atoms with Gasteiger partial charge in [0.2, 0.25) is 0 Å². The SMILES string of the molecule is CC1=CCCC(c2ccc(OCc3ccccc3)cc2)=C1. The minimum absolute atomic E-state index is 0.616. The molecule has 21 heavy (non-hydrogen) atoms. The largest absolute Gasteiger partial charge is 0.489 e. The summed E-state index contributed by atoms with van der Waals surface area (Å²) in [5.74, 6) is 0.922. The van der Waals surface area contributed by atoms with E-state index in [9.17, 15) is 0 Å². The zero-order chi connectivity index (χ0) is 14.5. The van der Waals surface area contributed by atoms with E-state index >= 15 is 0 Å². The first-order valence-electron chi connectivity index (χ1n) is 7.46. The summed E-state index contributed by atoms with van der Waals surface area (Å²) in [6, 6.07) is 18.7. The number of ether oxygens (including phenoxy) is 1. The van der Waals surface area contributed by atoms with E-state index in [-0.39, 0.29) is 0 Å². The Morgan fingerprint density at radius 1 is 0.952 bits per heavy atom. The fraction of sp³-hybridized carbons (Fsp3) is 0.200. The Hall–Kier alpha value is -2.28. The highest BCUT2D eigenvalue weighted by Crippen LogP contribution is 2.27. The molecule has 0 atom stereocenters. The summed E-state index contributed by atoms with van der Waals surface area (Å²) in [6.07, 6.45) is 6.84. The van der Waals surface area contributed by atoms with E-state index in [0.717, 1.165) is 18.6 Å². The number of allylic oxidation sites excluding steroid dienone is 4. The van der Waals surface area contributed by atoms with Crippen LogP contribution in [0.4, 0.5) is 0 Å². The normalized spacial score (nSPS) is 14.3. The molecule has 0 spiro atoms. The second kappa shape index (κ2) is 6.45. The molecule has 3 rings (SSSR count). The molecule has 2 aromatic rings. The van der Waals surface area contributed by atoms with Crippen LogP contribution < -0.4 is 4.74 Å². The topological polar surface area (TPSA) is 9.23 Å². The van der Waals surface area contributed by atoms with Crippen molar-refractivity contribution in [2.75, 3.05) is 0 Å². The van der Waals surface area contributed by atoms with Crippen molar-refractivity contribution >= 4 is 5.57 Å². The lowest BCUT2D eigenvalue weighted by atomic mass is 9.94. The van der Waals surface area contributed by atoms with Crippen LogP contribution in [0.2, 0.25) is 0 Å². The van der Waals surface area contributed by atoms with Crippen LogP contribution >= 0.6 is 0 Å². The maximum atomic E-state index is 5.82. The van der Waals surface area contributed by atoms with Gasteiger partial charge in [-0.1, -0.05) is 60.2 Å². The number of hydrogen-bond acceptors (Lipinski definition) is 1. The summed E-state index contributed by atoms with van der Waals surface area (Å²) in [6.45, 7) is 2.78. The Labute approximate surface area is 126 Å². The average molecular weight is 276 g/mol. The molecule has 0 aromatic heterocycles. The van der Waals surface area contributed by atoms with Gasteiger partial charge in [0, 0.05) is 0 Å². The van der Waals surface area contributed by atoms with Crippen LogP contribution in [-0.2, 0) is 6.61 Å². The van der Waals surface area contributed by atoms with E-state index in [1.165, 1.54) is 22.3 Å². The van der Waals surface area contributed by atoms with Gasteiger partial charge in [0.05, 0.1) is 0 Å². The van der Waals surface area contributed by atoms with E-state index in [1.54, 1.807) is 0 Å². The molecule has 106 valence electrons. The van der Waals surface area contributed by atoms with Crippen molar-refractivity contribution in [3.8, 4) is 5.75 Å². The first-order valence-corrected chi connectivity index (χ1v) is 7.46. The Morgan fingerprint density at radius 3 is 2.43 bits per heavy atom. The molecule has 2 aromatic carbocycles. The van der Waals surface area contributed by atoms with Crippen molar-refractivity contribution in [2.45, 2.75) is 26.4 Å². The molecule has 1 aliphatic rings. The summed E-state index contributed by atoms with van der Waals surface area (Å²) in [5.41, 5.74) is 5.28. The van der Waals surface area contributed by atoms with Crippen LogP contribution in [0.3, 0.4) is 0 Å². The van der Waals surface area contributed by atoms with Gasteiger partial charge >= 0.3 is 0 Å². The van der Waals surface area contributed by atoms with E-state index < -0.39 is 0 Å². The quantitative estimate of drug-likeness (QED) is 0.727. The first kappa shape index (κ1) is 13.7. The highest BCUT2D eigenvalue weighted by molar-refractivity contribution is 5.69. The lowest BCUT2D eigenvalue weighted by molar-refractivity contribution is 0.306. The van der Waals surface area contributed by atoms with Crippen molar-refractivity contribution in [1.29, 1.82) is 0 Å². The number of hydrogen-bond donors (Lipinski definition) is 0. The molecule has 1 aliphatic carbocycles. The summed E-state index contributed by atoms with van der Waals surface area (Å²) in [4.78, 5) is 0. The zero-order valence-corrected chi connectivity index (χ0v) is 12.4. The second-order valence-electron chi connectivity index (χ2n) is 5.46. The van der Waals surface area contributed by atoms with Crippen molar-refractivity contribution in [1.82, 2.24) is 0 Å². The molecule has 1 heteroatoms. The van der Waals surface area contributed by atoms with Gasteiger partial charge in [-0.2, -0.15) is 0 Å². The fourth-order valence-corrected chi connectivity index (χ4v) is 2.60. The molecule has 0 heterocycles. The van der Waals surface area contributed by atoms with E-state index in [0.29, 0.717) is 6.61 Å². The third-order valence-electron chi connectivity index (χ3n) is 3.76. The predicted octanol–water partition coefficient (Wildman–Crippen LogP) is 5.39. The molecule has 0 unspecified atom stereocenters. The molecular formula is C20H20O. The highest BCUT2D eigenvalue weighted by Gasteiger charge is 2.06. The molecule has 0 N–H and O–H groups in total. The predicted molar refractivity (Wildman–Crippen MR) is 88.2 cm³/mol. The third kappa shape index (κ3) is 3.63. The first-order chi connectivity index (χ1) is 10.3. The van der Waals surface area contributed by atoms with Gasteiger partial charge in [-0.15, -0.1) is 0 Å². The van der Waals surface area contributed by atoms with Gasteiger partial charge < -0.3 is 4.74 Å². The summed E-state index contributed by atoms with van der Waals surface area (Å²) in [7, 11) is 0. The van der Waals surface area contributed by atoms with Gasteiger partial charge in [-0.25, -0.2) is 0 Å². The van der Waals surface area contributed by atoms with Crippen LogP contribution in [0.5, 0.6) is 5.75 Å². The fourth-order valence-electron chi connectivity index (χ4n) is 2.60. The lowest BCUT2D eigenvalue weighted by Crippen LogP contribution is -1.95. The standard InChI is InChI=1S/C20H20O/c1-16-6-5-9-19(14-16)18-10-12-20(13-11-18)21-15-17-7-3-2-4-8-17/h2-4,6-8,10-14H,5,9,15H2,1H3. The van der Waals surface area contributed by atoms with Crippen molar-refractivity contribution < 1.29 is 4.74 Å². The zero-order valence-electron chi connectivity index (χ0n) is 12.4. The van der Waals surface area contributed by atoms with Crippen LogP contribution in [-0.4, -0.2) is 0 Å². The van der Waals surface area contributed by atoms with Gasteiger partial charge in [0.25, 0.3) is 0 Å². The molecule has 0 bridgehead atoms. The molecule has 0 saturated carbocycles. The minimum atomic E-state index is 0.616. The smallest absolute Gasteiger partial charge is 0.119 e.